The minimum Gasteiger partial charge on any atom is -0.494 e. The number of non-ortho nitro benzene ring substituents is 1. The fraction of sp³-hybridized carbons (Fsp3) is 0.333. The van der Waals surface area contributed by atoms with Gasteiger partial charge in [-0.3, -0.25) is 19.5 Å². The first-order valence-electron chi connectivity index (χ1n) is 9.90. The summed E-state index contributed by atoms with van der Waals surface area (Å²) < 4.78 is 17.5. The number of nitrogens with one attached hydrogen (secondary N) is 1. The van der Waals surface area contributed by atoms with Gasteiger partial charge in [-0.25, -0.2) is 4.79 Å². The molecule has 0 aliphatic carbocycles. The monoisotopic (exact) mass is 429 g/mol. The van der Waals surface area contributed by atoms with Crippen molar-refractivity contribution in [2.75, 3.05) is 18.5 Å². The molecule has 0 bridgehead atoms. The number of aromatic nitrogens is 1. The summed E-state index contributed by atoms with van der Waals surface area (Å²) in [6.45, 7) is 4.90. The first kappa shape index (κ1) is 21.9. The van der Waals surface area contributed by atoms with Gasteiger partial charge in [0.1, 0.15) is 11.5 Å². The standard InChI is InChI=1S/C21H23N3O7/c1-3-29-15-8-10-18(30-4-2)16(13-15)22-20(25)6-5-11-23-17-9-7-14(24(27)28)12-19(17)31-21(23)26/h7-10,12-13H,3-6,11H2,1-2H3,(H,22,25). The molecule has 0 spiro atoms. The lowest BCUT2D eigenvalue weighted by molar-refractivity contribution is -0.384. The zero-order valence-electron chi connectivity index (χ0n) is 17.3. The molecule has 10 nitrogen and oxygen atoms in total. The average molecular weight is 429 g/mol. The van der Waals surface area contributed by atoms with Crippen LogP contribution in [0.3, 0.4) is 0 Å². The molecule has 0 saturated heterocycles. The Labute approximate surface area is 177 Å². The van der Waals surface area contributed by atoms with Crippen molar-refractivity contribution in [2.45, 2.75) is 33.2 Å². The summed E-state index contributed by atoms with van der Waals surface area (Å²) in [4.78, 5) is 34.9. The van der Waals surface area contributed by atoms with Crippen LogP contribution in [0.5, 0.6) is 11.5 Å². The second kappa shape index (κ2) is 9.79. The SMILES string of the molecule is CCOc1ccc(OCC)c(NC(=O)CCCn2c(=O)oc3cc([N+](=O)[O-])ccc32)c1. The smallest absolute Gasteiger partial charge is 0.419 e. The molecule has 0 radical (unpaired) electrons. The summed E-state index contributed by atoms with van der Waals surface area (Å²) in [6, 6.07) is 9.19. The lowest BCUT2D eigenvalue weighted by Crippen LogP contribution is -2.17. The van der Waals surface area contributed by atoms with E-state index in [0.717, 1.165) is 0 Å². The number of nitro benzene ring substituents is 1. The molecular weight excluding hydrogens is 406 g/mol. The normalized spacial score (nSPS) is 10.8. The number of aryl methyl sites for hydroxylation is 1. The predicted octanol–water partition coefficient (Wildman–Crippen LogP) is 3.72. The number of hydrogen-bond donors (Lipinski definition) is 1. The van der Waals surface area contributed by atoms with E-state index in [1.54, 1.807) is 18.2 Å². The third kappa shape index (κ3) is 5.21. The highest BCUT2D eigenvalue weighted by Gasteiger charge is 2.15. The number of nitrogens with zero attached hydrogens (tertiary/aromatic N) is 2. The van der Waals surface area contributed by atoms with Crippen LogP contribution in [0.2, 0.25) is 0 Å². The second-order valence-electron chi connectivity index (χ2n) is 6.60. The summed E-state index contributed by atoms with van der Waals surface area (Å²) in [6.07, 6.45) is 0.517. The van der Waals surface area contributed by atoms with Crippen LogP contribution in [-0.4, -0.2) is 28.6 Å². The quantitative estimate of drug-likeness (QED) is 0.384. The summed E-state index contributed by atoms with van der Waals surface area (Å²) in [5, 5.41) is 13.7. The van der Waals surface area contributed by atoms with Crippen LogP contribution in [0.4, 0.5) is 11.4 Å². The van der Waals surface area contributed by atoms with E-state index < -0.39 is 10.7 Å². The molecule has 1 aromatic heterocycles. The van der Waals surface area contributed by atoms with Crippen LogP contribution in [0.25, 0.3) is 11.1 Å². The number of anilines is 1. The molecule has 1 N–H and O–H groups in total. The Bertz CT molecular complexity index is 1150. The average Bonchev–Trinajstić information content (AvgIpc) is 3.04. The molecule has 3 aromatic rings. The summed E-state index contributed by atoms with van der Waals surface area (Å²) in [5.74, 6) is 0.287. The number of benzene rings is 2. The first-order valence-corrected chi connectivity index (χ1v) is 9.90. The molecule has 1 amide bonds. The van der Waals surface area contributed by atoms with Crippen LogP contribution in [0.1, 0.15) is 26.7 Å². The maximum atomic E-state index is 12.4. The van der Waals surface area contributed by atoms with Gasteiger partial charge in [-0.1, -0.05) is 0 Å². The van der Waals surface area contributed by atoms with Crippen LogP contribution < -0.4 is 20.5 Å². The van der Waals surface area contributed by atoms with Crippen molar-refractivity contribution in [1.82, 2.24) is 4.57 Å². The molecule has 10 heteroatoms. The molecule has 2 aromatic carbocycles. The summed E-state index contributed by atoms with van der Waals surface area (Å²) in [7, 11) is 0. The molecule has 3 rings (SSSR count). The van der Waals surface area contributed by atoms with Gasteiger partial charge in [0.15, 0.2) is 5.58 Å². The Morgan fingerprint density at radius 2 is 1.94 bits per heavy atom. The highest BCUT2D eigenvalue weighted by atomic mass is 16.6. The largest absolute Gasteiger partial charge is 0.494 e. The number of nitro groups is 1. The number of carbonyl (C=O) groups is 1. The van der Waals surface area contributed by atoms with E-state index in [1.807, 2.05) is 13.8 Å². The van der Waals surface area contributed by atoms with Crippen molar-refractivity contribution >= 4 is 28.4 Å². The van der Waals surface area contributed by atoms with E-state index in [0.29, 0.717) is 42.3 Å². The zero-order chi connectivity index (χ0) is 22.4. The Balaban J connectivity index is 1.66. The molecule has 0 fully saturated rings. The molecule has 0 unspecified atom stereocenters. The number of carbonyl (C=O) groups excluding carboxylic acids is 1. The van der Waals surface area contributed by atoms with Crippen molar-refractivity contribution < 1.29 is 23.6 Å². The van der Waals surface area contributed by atoms with Gasteiger partial charge in [0, 0.05) is 25.1 Å². The van der Waals surface area contributed by atoms with Gasteiger partial charge < -0.3 is 19.2 Å². The fourth-order valence-electron chi connectivity index (χ4n) is 3.14. The molecule has 164 valence electrons. The fourth-order valence-corrected chi connectivity index (χ4v) is 3.14. The van der Waals surface area contributed by atoms with E-state index in [-0.39, 0.29) is 30.1 Å². The Hall–Kier alpha value is -3.82. The number of fused-ring (bicyclic) bond motifs is 1. The Morgan fingerprint density at radius 3 is 2.65 bits per heavy atom. The maximum Gasteiger partial charge on any atom is 0.419 e. The van der Waals surface area contributed by atoms with Crippen molar-refractivity contribution in [1.29, 1.82) is 0 Å². The molecule has 0 saturated carbocycles. The van der Waals surface area contributed by atoms with Gasteiger partial charge in [-0.05, 0) is 38.5 Å². The summed E-state index contributed by atoms with van der Waals surface area (Å²) >= 11 is 0. The highest BCUT2D eigenvalue weighted by Crippen LogP contribution is 2.29. The molecule has 0 aliphatic rings. The number of rotatable bonds is 10. The van der Waals surface area contributed by atoms with Crippen molar-refractivity contribution in [3.05, 3.63) is 57.1 Å². The van der Waals surface area contributed by atoms with Gasteiger partial charge >= 0.3 is 5.76 Å². The molecule has 1 heterocycles. The molecular formula is C21H23N3O7. The third-order valence-corrected chi connectivity index (χ3v) is 4.48. The van der Waals surface area contributed by atoms with E-state index in [1.165, 1.54) is 22.8 Å². The molecule has 31 heavy (non-hydrogen) atoms. The van der Waals surface area contributed by atoms with E-state index in [2.05, 4.69) is 5.32 Å². The van der Waals surface area contributed by atoms with E-state index in [9.17, 15) is 19.7 Å². The number of hydrogen-bond acceptors (Lipinski definition) is 7. The van der Waals surface area contributed by atoms with Crippen molar-refractivity contribution in [2.24, 2.45) is 0 Å². The lowest BCUT2D eigenvalue weighted by atomic mass is 10.2. The minimum atomic E-state index is -0.626. The third-order valence-electron chi connectivity index (χ3n) is 4.48. The molecule has 0 aliphatic heterocycles. The van der Waals surface area contributed by atoms with E-state index in [4.69, 9.17) is 13.9 Å². The van der Waals surface area contributed by atoms with Gasteiger partial charge in [0.25, 0.3) is 5.69 Å². The second-order valence-corrected chi connectivity index (χ2v) is 6.60. The van der Waals surface area contributed by atoms with E-state index >= 15 is 0 Å². The highest BCUT2D eigenvalue weighted by molar-refractivity contribution is 5.92. The summed E-state index contributed by atoms with van der Waals surface area (Å²) in [5.41, 5.74) is 0.931. The van der Waals surface area contributed by atoms with Crippen molar-refractivity contribution in [3.63, 3.8) is 0 Å². The van der Waals surface area contributed by atoms with Gasteiger partial charge in [0.05, 0.1) is 35.4 Å². The number of amides is 1. The predicted molar refractivity (Wildman–Crippen MR) is 114 cm³/mol. The van der Waals surface area contributed by atoms with Crippen LogP contribution in [0.15, 0.2) is 45.6 Å². The number of oxazole rings is 1. The van der Waals surface area contributed by atoms with Gasteiger partial charge in [0.2, 0.25) is 5.91 Å². The lowest BCUT2D eigenvalue weighted by Gasteiger charge is -2.13. The maximum absolute atomic E-state index is 12.4. The van der Waals surface area contributed by atoms with Gasteiger partial charge in [-0.2, -0.15) is 0 Å². The van der Waals surface area contributed by atoms with Crippen LogP contribution >= 0.6 is 0 Å². The van der Waals surface area contributed by atoms with Crippen molar-refractivity contribution in [3.8, 4) is 11.5 Å². The zero-order valence-corrected chi connectivity index (χ0v) is 17.3. The van der Waals surface area contributed by atoms with Crippen LogP contribution in [-0.2, 0) is 11.3 Å². The number of ether oxygens (including phenoxy) is 2. The topological polar surface area (TPSA) is 126 Å². The van der Waals surface area contributed by atoms with Gasteiger partial charge in [-0.15, -0.1) is 0 Å². The first-order chi connectivity index (χ1) is 14.9. The minimum absolute atomic E-state index is 0.137. The Morgan fingerprint density at radius 1 is 1.16 bits per heavy atom. The van der Waals surface area contributed by atoms with Crippen LogP contribution in [0, 0.1) is 10.1 Å². The molecule has 0 atom stereocenters. The Kier molecular flexibility index (Phi) is 6.91.